The van der Waals surface area contributed by atoms with E-state index < -0.39 is 0 Å². The quantitative estimate of drug-likeness (QED) is 0.661. The summed E-state index contributed by atoms with van der Waals surface area (Å²) in [5.41, 5.74) is 0.829. The summed E-state index contributed by atoms with van der Waals surface area (Å²) in [4.78, 5) is 0. The Kier molecular flexibility index (Phi) is 5.20. The van der Waals surface area contributed by atoms with E-state index in [1.54, 1.807) is 30.4 Å². The van der Waals surface area contributed by atoms with Crippen molar-refractivity contribution in [3.8, 4) is 0 Å². The first-order chi connectivity index (χ1) is 7.72. The van der Waals surface area contributed by atoms with Crippen LogP contribution in [0.2, 0.25) is 0 Å². The number of hydrogen-bond acceptors (Lipinski definition) is 0. The zero-order chi connectivity index (χ0) is 11.8. The van der Waals surface area contributed by atoms with Crippen molar-refractivity contribution in [3.05, 3.63) is 71.9 Å². The molecule has 0 bridgehead atoms. The number of allylic oxidation sites excluding steroid dienone is 6. The first-order valence-electron chi connectivity index (χ1n) is 5.12. The van der Waals surface area contributed by atoms with E-state index in [2.05, 4.69) is 0 Å². The molecule has 1 rings (SSSR count). The van der Waals surface area contributed by atoms with E-state index in [9.17, 15) is 8.78 Å². The maximum absolute atomic E-state index is 13.0. The van der Waals surface area contributed by atoms with Crippen LogP contribution < -0.4 is 0 Å². The van der Waals surface area contributed by atoms with Gasteiger partial charge in [-0.2, -0.15) is 0 Å². The van der Waals surface area contributed by atoms with E-state index in [0.717, 1.165) is 5.56 Å². The Morgan fingerprint density at radius 1 is 1.38 bits per heavy atom. The van der Waals surface area contributed by atoms with Crippen LogP contribution in [0.15, 0.2) is 60.5 Å². The third kappa shape index (κ3) is 4.69. The first kappa shape index (κ1) is 12.4. The summed E-state index contributed by atoms with van der Waals surface area (Å²) < 4.78 is 25.8. The molecule has 0 unspecified atom stereocenters. The van der Waals surface area contributed by atoms with Crippen LogP contribution in [0.1, 0.15) is 12.5 Å². The summed E-state index contributed by atoms with van der Waals surface area (Å²) in [6.45, 7) is 1.82. The van der Waals surface area contributed by atoms with Crippen LogP contribution in [0, 0.1) is 5.82 Å². The van der Waals surface area contributed by atoms with Crippen LogP contribution >= 0.6 is 0 Å². The summed E-state index contributed by atoms with van der Waals surface area (Å²) in [6.07, 6.45) is 8.33. The topological polar surface area (TPSA) is 0 Å². The molecule has 0 N–H and O–H groups in total. The fraction of sp³-hybridized carbons (Fsp3) is 0.143. The Hall–Kier alpha value is -1.70. The Balaban J connectivity index is 2.54. The molecule has 0 spiro atoms. The second-order valence-corrected chi connectivity index (χ2v) is 3.31. The lowest BCUT2D eigenvalue weighted by atomic mass is 10.1. The zero-order valence-electron chi connectivity index (χ0n) is 9.16. The minimum absolute atomic E-state index is 0.268. The highest BCUT2D eigenvalue weighted by molar-refractivity contribution is 5.22. The van der Waals surface area contributed by atoms with Crippen LogP contribution in [-0.4, -0.2) is 0 Å². The van der Waals surface area contributed by atoms with Gasteiger partial charge in [-0.05, 0) is 43.2 Å². The van der Waals surface area contributed by atoms with Crippen LogP contribution in [-0.2, 0) is 6.42 Å². The average Bonchev–Trinajstić information content (AvgIpc) is 2.26. The molecular weight excluding hydrogens is 206 g/mol. The van der Waals surface area contributed by atoms with Gasteiger partial charge >= 0.3 is 0 Å². The number of halogens is 2. The molecule has 0 saturated carbocycles. The largest absolute Gasteiger partial charge is 0.207 e. The van der Waals surface area contributed by atoms with Gasteiger partial charge in [0.15, 0.2) is 0 Å². The van der Waals surface area contributed by atoms with E-state index in [1.807, 2.05) is 6.92 Å². The molecule has 0 fully saturated rings. The normalized spacial score (nSPS) is 12.8. The predicted molar refractivity (Wildman–Crippen MR) is 63.2 cm³/mol. The maximum Gasteiger partial charge on any atom is 0.123 e. The van der Waals surface area contributed by atoms with Crippen LogP contribution in [0.25, 0.3) is 0 Å². The predicted octanol–water partition coefficient (Wildman–Crippen LogP) is 4.35. The minimum atomic E-state index is -0.311. The van der Waals surface area contributed by atoms with E-state index in [4.69, 9.17) is 0 Å². The van der Waals surface area contributed by atoms with Gasteiger partial charge in [0.2, 0.25) is 0 Å². The minimum Gasteiger partial charge on any atom is -0.207 e. The van der Waals surface area contributed by atoms with Crippen molar-refractivity contribution in [1.29, 1.82) is 0 Å². The van der Waals surface area contributed by atoms with Crippen molar-refractivity contribution >= 4 is 0 Å². The molecular formula is C14H14F2. The molecule has 0 heterocycles. The Morgan fingerprint density at radius 2 is 2.19 bits per heavy atom. The van der Waals surface area contributed by atoms with E-state index in [-0.39, 0.29) is 11.6 Å². The van der Waals surface area contributed by atoms with Gasteiger partial charge in [-0.3, -0.25) is 0 Å². The SMILES string of the molecule is C\C=C/C=C(F)\C=C\Cc1cccc(F)c1. The van der Waals surface area contributed by atoms with E-state index in [0.29, 0.717) is 6.42 Å². The Morgan fingerprint density at radius 3 is 2.88 bits per heavy atom. The van der Waals surface area contributed by atoms with Gasteiger partial charge < -0.3 is 0 Å². The van der Waals surface area contributed by atoms with Gasteiger partial charge in [-0.25, -0.2) is 8.78 Å². The average molecular weight is 220 g/mol. The van der Waals surface area contributed by atoms with E-state index >= 15 is 0 Å². The lowest BCUT2D eigenvalue weighted by Crippen LogP contribution is -1.82. The summed E-state index contributed by atoms with van der Waals surface area (Å²) in [5, 5.41) is 0. The molecule has 0 aliphatic rings. The first-order valence-corrected chi connectivity index (χ1v) is 5.12. The van der Waals surface area contributed by atoms with Crippen molar-refractivity contribution in [1.82, 2.24) is 0 Å². The molecule has 0 aliphatic carbocycles. The van der Waals surface area contributed by atoms with Crippen LogP contribution in [0.4, 0.5) is 8.78 Å². The fourth-order valence-corrected chi connectivity index (χ4v) is 1.22. The smallest absolute Gasteiger partial charge is 0.123 e. The summed E-state index contributed by atoms with van der Waals surface area (Å²) >= 11 is 0. The molecule has 0 saturated heterocycles. The van der Waals surface area contributed by atoms with Crippen molar-refractivity contribution in [2.24, 2.45) is 0 Å². The zero-order valence-corrected chi connectivity index (χ0v) is 9.16. The summed E-state index contributed by atoms with van der Waals surface area (Å²) in [5.74, 6) is -0.578. The molecule has 0 amide bonds. The molecule has 0 atom stereocenters. The lowest BCUT2D eigenvalue weighted by molar-refractivity contribution is 0.626. The molecule has 1 aromatic carbocycles. The van der Waals surface area contributed by atoms with E-state index in [1.165, 1.54) is 24.3 Å². The second-order valence-electron chi connectivity index (χ2n) is 3.31. The fourth-order valence-electron chi connectivity index (χ4n) is 1.22. The molecule has 0 aliphatic heterocycles. The summed E-state index contributed by atoms with van der Waals surface area (Å²) in [6, 6.07) is 6.28. The third-order valence-corrected chi connectivity index (χ3v) is 1.97. The van der Waals surface area contributed by atoms with Gasteiger partial charge in [0.1, 0.15) is 11.6 Å². The van der Waals surface area contributed by atoms with Crippen LogP contribution in [0.3, 0.4) is 0 Å². The number of rotatable bonds is 4. The third-order valence-electron chi connectivity index (χ3n) is 1.97. The molecule has 0 nitrogen and oxygen atoms in total. The van der Waals surface area contributed by atoms with Crippen molar-refractivity contribution < 1.29 is 8.78 Å². The van der Waals surface area contributed by atoms with Gasteiger partial charge in [-0.15, -0.1) is 0 Å². The van der Waals surface area contributed by atoms with Crippen molar-refractivity contribution in [2.45, 2.75) is 13.3 Å². The standard InChI is InChI=1S/C14H14F2/c1-2-3-8-13(15)9-4-6-12-7-5-10-14(16)11-12/h2-5,7-11H,6H2,1H3/b3-2-,9-4+,13-8+. The van der Waals surface area contributed by atoms with Gasteiger partial charge in [0.25, 0.3) is 0 Å². The van der Waals surface area contributed by atoms with Gasteiger partial charge in [0.05, 0.1) is 0 Å². The molecule has 0 radical (unpaired) electrons. The molecule has 84 valence electrons. The van der Waals surface area contributed by atoms with Crippen molar-refractivity contribution in [3.63, 3.8) is 0 Å². The highest BCUT2D eigenvalue weighted by Gasteiger charge is 1.92. The maximum atomic E-state index is 13.0. The second kappa shape index (κ2) is 6.72. The molecule has 16 heavy (non-hydrogen) atoms. The van der Waals surface area contributed by atoms with Gasteiger partial charge in [0, 0.05) is 0 Å². The number of hydrogen-bond donors (Lipinski definition) is 0. The summed E-state index contributed by atoms with van der Waals surface area (Å²) in [7, 11) is 0. The highest BCUT2D eigenvalue weighted by atomic mass is 19.1. The lowest BCUT2D eigenvalue weighted by Gasteiger charge is -1.95. The van der Waals surface area contributed by atoms with Gasteiger partial charge in [-0.1, -0.05) is 30.4 Å². The Labute approximate surface area is 94.6 Å². The molecule has 1 aromatic rings. The van der Waals surface area contributed by atoms with Crippen molar-refractivity contribution in [2.75, 3.05) is 0 Å². The Bertz CT molecular complexity index is 414. The molecule has 0 aromatic heterocycles. The number of benzene rings is 1. The highest BCUT2D eigenvalue weighted by Crippen LogP contribution is 2.06. The monoisotopic (exact) mass is 220 g/mol. The molecule has 2 heteroatoms. The van der Waals surface area contributed by atoms with Crippen LogP contribution in [0.5, 0.6) is 0 Å².